The number of hydrazine groups is 1. The van der Waals surface area contributed by atoms with Gasteiger partial charge in [0.05, 0.1) is 6.04 Å². The Kier molecular flexibility index (Phi) is 5.34. The molecule has 0 bridgehead atoms. The molecule has 3 N–H and O–H groups in total. The molecule has 1 fully saturated rings. The third-order valence-electron chi connectivity index (χ3n) is 3.77. The van der Waals surface area contributed by atoms with Crippen LogP contribution in [0.25, 0.3) is 0 Å². The van der Waals surface area contributed by atoms with Crippen LogP contribution in [-0.2, 0) is 0 Å². The summed E-state index contributed by atoms with van der Waals surface area (Å²) in [5.74, 6) is 4.92. The number of hydrogen-bond acceptors (Lipinski definition) is 4. The Bertz CT molecular complexity index is 484. The molecule has 0 amide bonds. The number of rotatable bonds is 3. The molecule has 1 aliphatic heterocycles. The fraction of sp³-hybridized carbons (Fsp3) is 0.571. The topological polar surface area (TPSA) is 38.0 Å². The minimum absolute atomic E-state index is 0.132. The van der Waals surface area contributed by atoms with Crippen LogP contribution in [0.5, 0.6) is 0 Å². The second-order valence-electron chi connectivity index (χ2n) is 5.16. The van der Waals surface area contributed by atoms with Gasteiger partial charge in [0, 0.05) is 27.1 Å². The molecule has 1 aliphatic rings. The molecule has 0 radical (unpaired) electrons. The van der Waals surface area contributed by atoms with Gasteiger partial charge in [0.25, 0.3) is 0 Å². The van der Waals surface area contributed by atoms with Crippen molar-refractivity contribution in [3.05, 3.63) is 34.9 Å². The molecule has 0 saturated carbocycles. The Morgan fingerprint density at radius 2 is 1.95 bits per heavy atom. The predicted octanol–water partition coefficient (Wildman–Crippen LogP) is 3.40. The van der Waals surface area contributed by atoms with Gasteiger partial charge in [-0.05, 0) is 12.5 Å². The van der Waals surface area contributed by atoms with Crippen molar-refractivity contribution in [3.63, 3.8) is 0 Å². The first-order valence-electron chi connectivity index (χ1n) is 6.63. The molecule has 1 aromatic carbocycles. The van der Waals surface area contributed by atoms with E-state index in [1.165, 1.54) is 0 Å². The molecule has 1 heterocycles. The summed E-state index contributed by atoms with van der Waals surface area (Å²) in [7, 11) is 0. The fourth-order valence-corrected chi connectivity index (χ4v) is 5.37. The molecule has 112 valence electrons. The van der Waals surface area contributed by atoms with Crippen molar-refractivity contribution in [3.8, 4) is 0 Å². The number of hydrogen-bond donors (Lipinski definition) is 2. The molecule has 2 rings (SSSR count). The molecular weight excluding hydrogens is 298 g/mol. The van der Waals surface area contributed by atoms with Crippen molar-refractivity contribution < 1.29 is 8.78 Å². The van der Waals surface area contributed by atoms with E-state index in [4.69, 9.17) is 5.84 Å². The van der Waals surface area contributed by atoms with Crippen molar-refractivity contribution in [1.82, 2.24) is 5.43 Å². The van der Waals surface area contributed by atoms with Crippen molar-refractivity contribution in [2.24, 2.45) is 5.84 Å². The van der Waals surface area contributed by atoms with Crippen LogP contribution in [0.2, 0.25) is 0 Å². The van der Waals surface area contributed by atoms with Crippen LogP contribution < -0.4 is 11.3 Å². The molecule has 2 nitrogen and oxygen atoms in total. The molecule has 1 aromatic rings. The first kappa shape index (κ1) is 16.1. The highest BCUT2D eigenvalue weighted by molar-refractivity contribution is 8.07. The quantitative estimate of drug-likeness (QED) is 0.662. The second-order valence-corrected chi connectivity index (χ2v) is 8.19. The molecule has 4 unspecified atom stereocenters. The van der Waals surface area contributed by atoms with Crippen LogP contribution in [0.15, 0.2) is 12.1 Å². The lowest BCUT2D eigenvalue weighted by Gasteiger charge is -2.36. The molecule has 0 aromatic heterocycles. The normalized spacial score (nSPS) is 28.4. The highest BCUT2D eigenvalue weighted by atomic mass is 32.2. The summed E-state index contributed by atoms with van der Waals surface area (Å²) in [6.45, 7) is 5.91. The van der Waals surface area contributed by atoms with E-state index in [9.17, 15) is 8.78 Å². The van der Waals surface area contributed by atoms with Gasteiger partial charge in [-0.15, -0.1) is 0 Å². The largest absolute Gasteiger partial charge is 0.271 e. The molecule has 6 heteroatoms. The van der Waals surface area contributed by atoms with Crippen molar-refractivity contribution in [1.29, 1.82) is 0 Å². The number of thioether (sulfide) groups is 2. The van der Waals surface area contributed by atoms with Crippen LogP contribution >= 0.6 is 23.5 Å². The predicted molar refractivity (Wildman–Crippen MR) is 83.9 cm³/mol. The number of halogens is 2. The Labute approximate surface area is 127 Å². The summed E-state index contributed by atoms with van der Waals surface area (Å²) >= 11 is 3.64. The minimum atomic E-state index is -0.787. The van der Waals surface area contributed by atoms with E-state index in [0.29, 0.717) is 21.6 Å². The molecule has 0 aliphatic carbocycles. The lowest BCUT2D eigenvalue weighted by Crippen LogP contribution is -2.40. The number of benzene rings is 1. The lowest BCUT2D eigenvalue weighted by atomic mass is 10.0. The van der Waals surface area contributed by atoms with E-state index in [1.807, 2.05) is 11.8 Å². The maximum absolute atomic E-state index is 14.1. The maximum Gasteiger partial charge on any atom is 0.163 e. The van der Waals surface area contributed by atoms with Gasteiger partial charge in [0.15, 0.2) is 11.6 Å². The standard InChI is InChI=1S/C14H20F2N2S2/c1-7-4-5-10(13(16)12(7)15)14(18-17)11-6-19-8(2)9(3)20-11/h4-5,8-9,11,14,18H,6,17H2,1-3H3. The third kappa shape index (κ3) is 3.13. The Morgan fingerprint density at radius 1 is 1.25 bits per heavy atom. The zero-order chi connectivity index (χ0) is 14.9. The summed E-state index contributed by atoms with van der Waals surface area (Å²) < 4.78 is 27.9. The first-order chi connectivity index (χ1) is 9.45. The van der Waals surface area contributed by atoms with Crippen LogP contribution in [0.4, 0.5) is 8.78 Å². The van der Waals surface area contributed by atoms with Crippen LogP contribution in [0.3, 0.4) is 0 Å². The van der Waals surface area contributed by atoms with Crippen LogP contribution in [0, 0.1) is 18.6 Å². The van der Waals surface area contributed by atoms with Gasteiger partial charge in [-0.3, -0.25) is 11.3 Å². The average Bonchev–Trinajstić information content (AvgIpc) is 2.43. The fourth-order valence-electron chi connectivity index (χ4n) is 2.28. The maximum atomic E-state index is 14.1. The van der Waals surface area contributed by atoms with Gasteiger partial charge in [-0.1, -0.05) is 26.0 Å². The monoisotopic (exact) mass is 318 g/mol. The van der Waals surface area contributed by atoms with Crippen LogP contribution in [0.1, 0.15) is 31.0 Å². The lowest BCUT2D eigenvalue weighted by molar-refractivity contribution is 0.461. The number of nitrogens with one attached hydrogen (secondary N) is 1. The highest BCUT2D eigenvalue weighted by Gasteiger charge is 2.33. The third-order valence-corrected chi connectivity index (χ3v) is 7.26. The van der Waals surface area contributed by atoms with Gasteiger partial charge in [-0.25, -0.2) is 8.78 Å². The van der Waals surface area contributed by atoms with E-state index in [2.05, 4.69) is 19.3 Å². The average molecular weight is 318 g/mol. The Hall–Kier alpha value is -0.300. The van der Waals surface area contributed by atoms with Crippen LogP contribution in [-0.4, -0.2) is 21.5 Å². The molecule has 0 spiro atoms. The molecule has 20 heavy (non-hydrogen) atoms. The number of aryl methyl sites for hydroxylation is 1. The highest BCUT2D eigenvalue weighted by Crippen LogP contribution is 2.41. The summed E-state index contributed by atoms with van der Waals surface area (Å²) in [5.41, 5.74) is 3.30. The zero-order valence-corrected chi connectivity index (χ0v) is 13.5. The van der Waals surface area contributed by atoms with Gasteiger partial charge in [0.2, 0.25) is 0 Å². The van der Waals surface area contributed by atoms with Gasteiger partial charge in [-0.2, -0.15) is 23.5 Å². The van der Waals surface area contributed by atoms with E-state index in [1.54, 1.807) is 30.8 Å². The van der Waals surface area contributed by atoms with Gasteiger partial charge >= 0.3 is 0 Å². The summed E-state index contributed by atoms with van der Waals surface area (Å²) in [5, 5.41) is 1.16. The van der Waals surface area contributed by atoms with E-state index in [0.717, 1.165) is 5.75 Å². The zero-order valence-electron chi connectivity index (χ0n) is 11.8. The number of nitrogens with two attached hydrogens (primary N) is 1. The molecule has 1 saturated heterocycles. The SMILES string of the molecule is Cc1ccc(C(NN)C2CSC(C)C(C)S2)c(F)c1F. The summed E-state index contributed by atoms with van der Waals surface area (Å²) in [6, 6.07) is 2.86. The second kappa shape index (κ2) is 6.64. The molecule has 4 atom stereocenters. The van der Waals surface area contributed by atoms with Gasteiger partial charge < -0.3 is 0 Å². The Morgan fingerprint density at radius 3 is 2.55 bits per heavy atom. The van der Waals surface area contributed by atoms with Gasteiger partial charge in [0.1, 0.15) is 0 Å². The van der Waals surface area contributed by atoms with E-state index in [-0.39, 0.29) is 11.3 Å². The van der Waals surface area contributed by atoms with Crippen molar-refractivity contribution in [2.45, 2.75) is 42.6 Å². The first-order valence-corrected chi connectivity index (χ1v) is 8.62. The summed E-state index contributed by atoms with van der Waals surface area (Å²) in [4.78, 5) is 0. The van der Waals surface area contributed by atoms with E-state index >= 15 is 0 Å². The minimum Gasteiger partial charge on any atom is -0.271 e. The smallest absolute Gasteiger partial charge is 0.163 e. The Balaban J connectivity index is 2.27. The molecular formula is C14H20F2N2S2. The summed E-state index contributed by atoms with van der Waals surface area (Å²) in [6.07, 6.45) is 0. The van der Waals surface area contributed by atoms with Crippen molar-refractivity contribution >= 4 is 23.5 Å². The van der Waals surface area contributed by atoms with Crippen molar-refractivity contribution in [2.75, 3.05) is 5.75 Å². The van der Waals surface area contributed by atoms with E-state index < -0.39 is 11.6 Å².